The Morgan fingerprint density at radius 1 is 1.20 bits per heavy atom. The van der Waals surface area contributed by atoms with Crippen molar-refractivity contribution in [2.75, 3.05) is 38.8 Å². The van der Waals surface area contributed by atoms with Crippen molar-refractivity contribution in [1.82, 2.24) is 20.2 Å². The van der Waals surface area contributed by atoms with Crippen molar-refractivity contribution in [1.29, 1.82) is 0 Å². The van der Waals surface area contributed by atoms with Crippen LogP contribution in [0.3, 0.4) is 0 Å². The van der Waals surface area contributed by atoms with Gasteiger partial charge >= 0.3 is 0 Å². The van der Waals surface area contributed by atoms with Gasteiger partial charge in [-0.1, -0.05) is 29.4 Å². The monoisotopic (exact) mass is 347 g/mol. The lowest BCUT2D eigenvalue weighted by molar-refractivity contribution is -0.0674. The lowest BCUT2D eigenvalue weighted by atomic mass is 9.92. The van der Waals surface area contributed by atoms with Crippen LogP contribution in [0.15, 0.2) is 24.3 Å². The fraction of sp³-hybridized carbons (Fsp3) is 0.588. The molecule has 0 atom stereocenters. The van der Waals surface area contributed by atoms with E-state index in [1.54, 1.807) is 14.2 Å². The molecule has 1 saturated heterocycles. The Kier molecular flexibility index (Phi) is 5.62. The molecule has 0 aliphatic carbocycles. The number of aromatic nitrogens is 4. The van der Waals surface area contributed by atoms with Crippen LogP contribution in [0.2, 0.25) is 0 Å². The highest BCUT2D eigenvalue weighted by atomic mass is 16.5. The second-order valence-electron chi connectivity index (χ2n) is 6.42. The highest BCUT2D eigenvalue weighted by Crippen LogP contribution is 2.27. The third-order valence-corrected chi connectivity index (χ3v) is 4.83. The lowest BCUT2D eigenvalue weighted by Gasteiger charge is -2.39. The van der Waals surface area contributed by atoms with E-state index in [1.165, 1.54) is 0 Å². The van der Waals surface area contributed by atoms with Crippen molar-refractivity contribution in [2.24, 2.45) is 0 Å². The van der Waals surface area contributed by atoms with Crippen LogP contribution < -0.4 is 4.90 Å². The van der Waals surface area contributed by atoms with Gasteiger partial charge in [-0.25, -0.2) is 4.68 Å². The number of ether oxygens (including phenoxy) is 2. The molecule has 2 heterocycles. The molecule has 1 aromatic carbocycles. The number of rotatable bonds is 7. The predicted molar refractivity (Wildman–Crippen MR) is 92.3 cm³/mol. The van der Waals surface area contributed by atoms with Crippen molar-refractivity contribution >= 4 is 5.95 Å². The molecule has 1 N–H and O–H groups in total. The third kappa shape index (κ3) is 3.97. The minimum atomic E-state index is -0.441. The summed E-state index contributed by atoms with van der Waals surface area (Å²) >= 11 is 0. The van der Waals surface area contributed by atoms with Crippen molar-refractivity contribution in [3.8, 4) is 0 Å². The molecule has 0 spiro atoms. The first-order chi connectivity index (χ1) is 12.2. The van der Waals surface area contributed by atoms with Gasteiger partial charge in [0.15, 0.2) is 0 Å². The maximum Gasteiger partial charge on any atom is 0.245 e. The van der Waals surface area contributed by atoms with Crippen molar-refractivity contribution in [3.05, 3.63) is 35.4 Å². The number of aliphatic hydroxyl groups excluding tert-OH is 1. The second kappa shape index (κ2) is 7.90. The molecule has 8 nitrogen and oxygen atoms in total. The zero-order chi connectivity index (χ0) is 17.7. The highest BCUT2D eigenvalue weighted by molar-refractivity contribution is 5.31. The minimum absolute atomic E-state index is 0.0363. The average molecular weight is 347 g/mol. The maximum atomic E-state index is 9.58. The van der Waals surface area contributed by atoms with Crippen LogP contribution in [0.25, 0.3) is 0 Å². The molecule has 1 aliphatic heterocycles. The van der Waals surface area contributed by atoms with Gasteiger partial charge in [-0.2, -0.15) is 0 Å². The Bertz CT molecular complexity index is 676. The van der Waals surface area contributed by atoms with Gasteiger partial charge in [-0.05, 0) is 34.4 Å². The van der Waals surface area contributed by atoms with E-state index in [9.17, 15) is 5.11 Å². The van der Waals surface area contributed by atoms with Gasteiger partial charge in [0.05, 0.1) is 25.4 Å². The number of hydrogen-bond donors (Lipinski definition) is 1. The van der Waals surface area contributed by atoms with Crippen molar-refractivity contribution in [3.63, 3.8) is 0 Å². The number of nitrogens with zero attached hydrogens (tertiary/aromatic N) is 5. The quantitative estimate of drug-likeness (QED) is 0.794. The Morgan fingerprint density at radius 3 is 2.64 bits per heavy atom. The van der Waals surface area contributed by atoms with Gasteiger partial charge < -0.3 is 19.5 Å². The highest BCUT2D eigenvalue weighted by Gasteiger charge is 2.35. The first kappa shape index (κ1) is 17.8. The van der Waals surface area contributed by atoms with Gasteiger partial charge in [0.2, 0.25) is 5.95 Å². The van der Waals surface area contributed by atoms with E-state index in [2.05, 4.69) is 32.6 Å². The Hall–Kier alpha value is -2.03. The van der Waals surface area contributed by atoms with E-state index in [4.69, 9.17) is 9.47 Å². The van der Waals surface area contributed by atoms with Crippen LogP contribution in [0.1, 0.15) is 24.0 Å². The Morgan fingerprint density at radius 2 is 1.96 bits per heavy atom. The average Bonchev–Trinajstić information content (AvgIpc) is 3.10. The molecular weight excluding hydrogens is 322 g/mol. The summed E-state index contributed by atoms with van der Waals surface area (Å²) in [7, 11) is 3.35. The zero-order valence-corrected chi connectivity index (χ0v) is 14.8. The van der Waals surface area contributed by atoms with Crippen LogP contribution >= 0.6 is 0 Å². The first-order valence-corrected chi connectivity index (χ1v) is 8.43. The van der Waals surface area contributed by atoms with E-state index < -0.39 is 5.60 Å². The number of methoxy groups -OCH3 is 2. The third-order valence-electron chi connectivity index (χ3n) is 4.83. The van der Waals surface area contributed by atoms with E-state index in [0.717, 1.165) is 43.0 Å². The van der Waals surface area contributed by atoms with E-state index in [-0.39, 0.29) is 6.61 Å². The molecule has 1 fully saturated rings. The number of aliphatic hydroxyl groups is 1. The number of tetrazole rings is 1. The molecule has 25 heavy (non-hydrogen) atoms. The summed E-state index contributed by atoms with van der Waals surface area (Å²) in [5, 5.41) is 21.8. The Balaban J connectivity index is 1.70. The lowest BCUT2D eigenvalue weighted by Crippen LogP contribution is -2.48. The molecule has 0 saturated carbocycles. The molecule has 136 valence electrons. The summed E-state index contributed by atoms with van der Waals surface area (Å²) in [4.78, 5) is 2.14. The minimum Gasteiger partial charge on any atom is -0.393 e. The summed E-state index contributed by atoms with van der Waals surface area (Å²) in [6, 6.07) is 8.22. The normalized spacial score (nSPS) is 17.0. The number of piperidine rings is 1. The molecule has 1 aliphatic rings. The Labute approximate surface area is 147 Å². The topological polar surface area (TPSA) is 85.5 Å². The van der Waals surface area contributed by atoms with Crippen molar-refractivity contribution < 1.29 is 14.6 Å². The summed E-state index contributed by atoms with van der Waals surface area (Å²) in [6.45, 7) is 2.72. The summed E-state index contributed by atoms with van der Waals surface area (Å²) in [6.07, 6.45) is 1.49. The van der Waals surface area contributed by atoms with Gasteiger partial charge in [0.1, 0.15) is 0 Å². The molecule has 0 unspecified atom stereocenters. The van der Waals surface area contributed by atoms with Gasteiger partial charge in [0, 0.05) is 27.3 Å². The molecule has 3 rings (SSSR count). The number of hydrogen-bond acceptors (Lipinski definition) is 7. The molecule has 1 aromatic heterocycles. The smallest absolute Gasteiger partial charge is 0.245 e. The standard InChI is InChI=1S/C17H25N5O3/c1-24-12-15-5-3-4-14(10-15)11-22-16(18-19-20-22)21-8-6-17(13-23,25-2)7-9-21/h3-5,10,23H,6-9,11-13H2,1-2H3. The molecular formula is C17H25N5O3. The maximum absolute atomic E-state index is 9.58. The molecule has 8 heteroatoms. The van der Waals surface area contributed by atoms with Crippen LogP contribution in [-0.4, -0.2) is 64.8 Å². The summed E-state index contributed by atoms with van der Waals surface area (Å²) in [5.74, 6) is 0.750. The SMILES string of the molecule is COCc1cccc(Cn2nnnc2N2CCC(CO)(OC)CC2)c1. The second-order valence-corrected chi connectivity index (χ2v) is 6.42. The van der Waals surface area contributed by atoms with Gasteiger partial charge in [-0.15, -0.1) is 0 Å². The van der Waals surface area contributed by atoms with Crippen LogP contribution in [-0.2, 0) is 22.6 Å². The van der Waals surface area contributed by atoms with Crippen LogP contribution in [0, 0.1) is 0 Å². The molecule has 2 aromatic rings. The van der Waals surface area contributed by atoms with E-state index in [1.807, 2.05) is 16.8 Å². The largest absolute Gasteiger partial charge is 0.393 e. The summed E-state index contributed by atoms with van der Waals surface area (Å²) in [5.41, 5.74) is 1.81. The van der Waals surface area contributed by atoms with Crippen molar-refractivity contribution in [2.45, 2.75) is 31.6 Å². The molecule has 0 radical (unpaired) electrons. The fourth-order valence-corrected chi connectivity index (χ4v) is 3.23. The van der Waals surface area contributed by atoms with Gasteiger partial charge in [0.25, 0.3) is 0 Å². The number of benzene rings is 1. The number of anilines is 1. The molecule has 0 amide bonds. The fourth-order valence-electron chi connectivity index (χ4n) is 3.23. The first-order valence-electron chi connectivity index (χ1n) is 8.43. The molecule has 0 bridgehead atoms. The van der Waals surface area contributed by atoms with Crippen LogP contribution in [0.5, 0.6) is 0 Å². The van der Waals surface area contributed by atoms with E-state index in [0.29, 0.717) is 13.2 Å². The van der Waals surface area contributed by atoms with E-state index >= 15 is 0 Å². The van der Waals surface area contributed by atoms with Gasteiger partial charge in [-0.3, -0.25) is 0 Å². The predicted octanol–water partition coefficient (Wildman–Crippen LogP) is 0.845. The zero-order valence-electron chi connectivity index (χ0n) is 14.8. The van der Waals surface area contributed by atoms with Crippen LogP contribution in [0.4, 0.5) is 5.95 Å². The summed E-state index contributed by atoms with van der Waals surface area (Å²) < 4.78 is 12.5.